The van der Waals surface area contributed by atoms with Crippen LogP contribution in [0.25, 0.3) is 0 Å². The Bertz CT molecular complexity index is 368. The van der Waals surface area contributed by atoms with Crippen molar-refractivity contribution in [2.75, 3.05) is 25.6 Å². The summed E-state index contributed by atoms with van der Waals surface area (Å²) in [6, 6.07) is 1.94. The second kappa shape index (κ2) is 4.59. The van der Waals surface area contributed by atoms with Crippen LogP contribution in [0.5, 0.6) is 6.01 Å². The molecule has 0 spiro atoms. The summed E-state index contributed by atoms with van der Waals surface area (Å²) >= 11 is 0. The standard InChI is InChI=1S/C9H13N3O3/c1-6-4-7(11-9(10-6)15-3)12(2)5-8(13)14/h4H,5H2,1-3H3,(H,13,14). The maximum Gasteiger partial charge on any atom is 0.323 e. The van der Waals surface area contributed by atoms with Crippen molar-refractivity contribution in [1.82, 2.24) is 9.97 Å². The van der Waals surface area contributed by atoms with Crippen molar-refractivity contribution in [2.45, 2.75) is 6.92 Å². The number of anilines is 1. The lowest BCUT2D eigenvalue weighted by molar-refractivity contribution is -0.135. The molecule has 0 radical (unpaired) electrons. The third-order valence-corrected chi connectivity index (χ3v) is 1.77. The average molecular weight is 211 g/mol. The van der Waals surface area contributed by atoms with Gasteiger partial charge < -0.3 is 14.7 Å². The summed E-state index contributed by atoms with van der Waals surface area (Å²) in [5.74, 6) is -0.380. The Labute approximate surface area is 87.5 Å². The van der Waals surface area contributed by atoms with Gasteiger partial charge in [-0.2, -0.15) is 4.98 Å². The SMILES string of the molecule is COc1nc(C)cc(N(C)CC(=O)O)n1. The number of nitrogens with zero attached hydrogens (tertiary/aromatic N) is 3. The summed E-state index contributed by atoms with van der Waals surface area (Å²) in [7, 11) is 3.12. The number of hydrogen-bond donors (Lipinski definition) is 1. The van der Waals surface area contributed by atoms with Gasteiger partial charge in [0.25, 0.3) is 0 Å². The molecular weight excluding hydrogens is 198 g/mol. The molecule has 82 valence electrons. The van der Waals surface area contributed by atoms with Gasteiger partial charge >= 0.3 is 12.0 Å². The van der Waals surface area contributed by atoms with Gasteiger partial charge in [0.1, 0.15) is 12.4 Å². The fraction of sp³-hybridized carbons (Fsp3) is 0.444. The van der Waals surface area contributed by atoms with E-state index < -0.39 is 5.97 Å². The molecule has 15 heavy (non-hydrogen) atoms. The van der Waals surface area contributed by atoms with E-state index in [0.717, 1.165) is 5.69 Å². The second-order valence-electron chi connectivity index (χ2n) is 3.10. The van der Waals surface area contributed by atoms with Crippen LogP contribution in [0, 0.1) is 6.92 Å². The maximum absolute atomic E-state index is 10.5. The van der Waals surface area contributed by atoms with E-state index in [4.69, 9.17) is 9.84 Å². The molecule has 6 heteroatoms. The first kappa shape index (κ1) is 11.2. The number of ether oxygens (including phenoxy) is 1. The lowest BCUT2D eigenvalue weighted by Gasteiger charge is -2.16. The molecule has 1 rings (SSSR count). The summed E-state index contributed by atoms with van der Waals surface area (Å²) in [4.78, 5) is 20.1. The van der Waals surface area contributed by atoms with Gasteiger partial charge in [-0.05, 0) is 6.92 Å². The maximum atomic E-state index is 10.5. The van der Waals surface area contributed by atoms with E-state index in [1.165, 1.54) is 12.0 Å². The molecule has 0 bridgehead atoms. The van der Waals surface area contributed by atoms with Gasteiger partial charge in [-0.3, -0.25) is 4.79 Å². The summed E-state index contributed by atoms with van der Waals surface area (Å²) in [5.41, 5.74) is 0.731. The van der Waals surface area contributed by atoms with Crippen LogP contribution in [-0.4, -0.2) is 41.7 Å². The average Bonchev–Trinajstić information content (AvgIpc) is 2.15. The van der Waals surface area contributed by atoms with E-state index in [1.54, 1.807) is 20.0 Å². The van der Waals surface area contributed by atoms with Crippen LogP contribution < -0.4 is 9.64 Å². The molecular formula is C9H13N3O3. The number of hydrogen-bond acceptors (Lipinski definition) is 5. The van der Waals surface area contributed by atoms with Crippen molar-refractivity contribution in [2.24, 2.45) is 0 Å². The Morgan fingerprint density at radius 1 is 1.60 bits per heavy atom. The zero-order valence-electron chi connectivity index (χ0n) is 8.89. The number of carboxylic acids is 1. The van der Waals surface area contributed by atoms with Crippen molar-refractivity contribution in [3.05, 3.63) is 11.8 Å². The number of aromatic nitrogens is 2. The van der Waals surface area contributed by atoms with Crippen LogP contribution >= 0.6 is 0 Å². The van der Waals surface area contributed by atoms with Gasteiger partial charge in [-0.25, -0.2) is 4.98 Å². The molecule has 0 unspecified atom stereocenters. The monoisotopic (exact) mass is 211 g/mol. The Balaban J connectivity index is 2.92. The van der Waals surface area contributed by atoms with Gasteiger partial charge in [0, 0.05) is 18.8 Å². The van der Waals surface area contributed by atoms with E-state index in [1.807, 2.05) is 0 Å². The molecule has 0 aromatic carbocycles. The highest BCUT2D eigenvalue weighted by molar-refractivity contribution is 5.72. The smallest absolute Gasteiger partial charge is 0.323 e. The predicted octanol–water partition coefficient (Wildman–Crippen LogP) is 0.314. The molecule has 0 atom stereocenters. The number of carbonyl (C=O) groups is 1. The van der Waals surface area contributed by atoms with Crippen LogP contribution in [0.1, 0.15) is 5.69 Å². The second-order valence-corrected chi connectivity index (χ2v) is 3.10. The van der Waals surface area contributed by atoms with Gasteiger partial charge in [-0.15, -0.1) is 0 Å². The molecule has 0 aliphatic heterocycles. The Hall–Kier alpha value is -1.85. The molecule has 0 aliphatic rings. The molecule has 0 amide bonds. The summed E-state index contributed by atoms with van der Waals surface area (Å²) < 4.78 is 4.89. The topological polar surface area (TPSA) is 75.5 Å². The predicted molar refractivity (Wildman–Crippen MR) is 54.2 cm³/mol. The summed E-state index contributed by atoms with van der Waals surface area (Å²) in [6.07, 6.45) is 0. The Morgan fingerprint density at radius 2 is 2.27 bits per heavy atom. The third kappa shape index (κ3) is 3.08. The number of methoxy groups -OCH3 is 1. The lowest BCUT2D eigenvalue weighted by atomic mass is 10.4. The van der Waals surface area contributed by atoms with E-state index in [2.05, 4.69) is 9.97 Å². The molecule has 1 aromatic heterocycles. The van der Waals surface area contributed by atoms with Crippen molar-refractivity contribution in [3.8, 4) is 6.01 Å². The lowest BCUT2D eigenvalue weighted by Crippen LogP contribution is -2.26. The van der Waals surface area contributed by atoms with E-state index in [-0.39, 0.29) is 12.6 Å². The van der Waals surface area contributed by atoms with E-state index >= 15 is 0 Å². The molecule has 0 aliphatic carbocycles. The largest absolute Gasteiger partial charge is 0.480 e. The number of aliphatic carboxylic acids is 1. The zero-order chi connectivity index (χ0) is 11.4. The number of likely N-dealkylation sites (N-methyl/N-ethyl adjacent to an activating group) is 1. The van der Waals surface area contributed by atoms with Crippen LogP contribution in [0.2, 0.25) is 0 Å². The number of rotatable bonds is 4. The summed E-state index contributed by atoms with van der Waals surface area (Å²) in [5, 5.41) is 8.62. The number of carboxylic acid groups (broad SMARTS) is 1. The Morgan fingerprint density at radius 3 is 2.80 bits per heavy atom. The van der Waals surface area contributed by atoms with E-state index in [0.29, 0.717) is 5.82 Å². The van der Waals surface area contributed by atoms with Crippen LogP contribution in [0.4, 0.5) is 5.82 Å². The minimum atomic E-state index is -0.910. The number of aryl methyl sites for hydroxylation is 1. The fourth-order valence-electron chi connectivity index (χ4n) is 1.10. The van der Waals surface area contributed by atoms with Gasteiger partial charge in [-0.1, -0.05) is 0 Å². The van der Waals surface area contributed by atoms with Crippen molar-refractivity contribution in [1.29, 1.82) is 0 Å². The highest BCUT2D eigenvalue weighted by atomic mass is 16.5. The molecule has 0 saturated carbocycles. The van der Waals surface area contributed by atoms with Crippen molar-refractivity contribution >= 4 is 11.8 Å². The fourth-order valence-corrected chi connectivity index (χ4v) is 1.10. The quantitative estimate of drug-likeness (QED) is 0.772. The van der Waals surface area contributed by atoms with Crippen LogP contribution in [0.3, 0.4) is 0 Å². The minimum Gasteiger partial charge on any atom is -0.480 e. The first-order chi connectivity index (χ1) is 7.02. The molecule has 1 N–H and O–H groups in total. The normalized spacial score (nSPS) is 9.80. The Kier molecular flexibility index (Phi) is 3.43. The molecule has 1 heterocycles. The van der Waals surface area contributed by atoms with Crippen molar-refractivity contribution in [3.63, 3.8) is 0 Å². The molecule has 0 fully saturated rings. The molecule has 0 saturated heterocycles. The first-order valence-corrected chi connectivity index (χ1v) is 4.35. The van der Waals surface area contributed by atoms with Gasteiger partial charge in [0.2, 0.25) is 0 Å². The van der Waals surface area contributed by atoms with Gasteiger partial charge in [0.15, 0.2) is 0 Å². The summed E-state index contributed by atoms with van der Waals surface area (Å²) in [6.45, 7) is 1.68. The first-order valence-electron chi connectivity index (χ1n) is 4.35. The minimum absolute atomic E-state index is 0.112. The van der Waals surface area contributed by atoms with Gasteiger partial charge in [0.05, 0.1) is 7.11 Å². The van der Waals surface area contributed by atoms with Crippen LogP contribution in [0.15, 0.2) is 6.07 Å². The highest BCUT2D eigenvalue weighted by Crippen LogP contribution is 2.13. The zero-order valence-corrected chi connectivity index (χ0v) is 8.89. The van der Waals surface area contributed by atoms with E-state index in [9.17, 15) is 4.79 Å². The molecule has 1 aromatic rings. The molecule has 6 nitrogen and oxygen atoms in total. The van der Waals surface area contributed by atoms with Crippen LogP contribution in [-0.2, 0) is 4.79 Å². The van der Waals surface area contributed by atoms with Crippen molar-refractivity contribution < 1.29 is 14.6 Å². The highest BCUT2D eigenvalue weighted by Gasteiger charge is 2.09. The third-order valence-electron chi connectivity index (χ3n) is 1.77.